The molecule has 1 heterocycles. The average Bonchev–Trinajstić information content (AvgIpc) is 2.77. The molecule has 5 nitrogen and oxygen atoms in total. The van der Waals surface area contributed by atoms with Gasteiger partial charge in [-0.15, -0.1) is 0 Å². The number of hydrogen-bond donors (Lipinski definition) is 2. The quantitative estimate of drug-likeness (QED) is 0.801. The lowest BCUT2D eigenvalue weighted by molar-refractivity contribution is -0.122. The van der Waals surface area contributed by atoms with E-state index in [4.69, 9.17) is 5.26 Å². The van der Waals surface area contributed by atoms with Gasteiger partial charge >= 0.3 is 0 Å². The van der Waals surface area contributed by atoms with E-state index < -0.39 is 5.92 Å². The third-order valence-electron chi connectivity index (χ3n) is 2.85. The molecule has 5 heteroatoms. The molecule has 0 saturated carbocycles. The molecule has 2 atom stereocenters. The second kappa shape index (κ2) is 5.32. The van der Waals surface area contributed by atoms with E-state index in [0.717, 1.165) is 0 Å². The van der Waals surface area contributed by atoms with Gasteiger partial charge in [0.15, 0.2) is 0 Å². The van der Waals surface area contributed by atoms with Gasteiger partial charge in [-0.3, -0.25) is 9.59 Å². The van der Waals surface area contributed by atoms with Crippen molar-refractivity contribution in [1.82, 2.24) is 10.6 Å². The van der Waals surface area contributed by atoms with Gasteiger partial charge in [-0.1, -0.05) is 30.3 Å². The molecule has 2 rings (SSSR count). The van der Waals surface area contributed by atoms with Crippen molar-refractivity contribution in [3.63, 3.8) is 0 Å². The summed E-state index contributed by atoms with van der Waals surface area (Å²) in [5, 5.41) is 14.4. The van der Waals surface area contributed by atoms with Crippen LogP contribution in [0.15, 0.2) is 30.3 Å². The van der Waals surface area contributed by atoms with Gasteiger partial charge in [0.25, 0.3) is 0 Å². The van der Waals surface area contributed by atoms with Gasteiger partial charge in [-0.2, -0.15) is 5.26 Å². The number of amides is 2. The molecule has 0 radical (unpaired) electrons. The summed E-state index contributed by atoms with van der Waals surface area (Å²) in [4.78, 5) is 23.0. The monoisotopic (exact) mass is 243 g/mol. The Morgan fingerprint density at radius 1 is 1.44 bits per heavy atom. The van der Waals surface area contributed by atoms with Crippen LogP contribution in [0.5, 0.6) is 0 Å². The van der Waals surface area contributed by atoms with E-state index in [0.29, 0.717) is 12.1 Å². The van der Waals surface area contributed by atoms with Crippen LogP contribution in [-0.4, -0.2) is 24.4 Å². The minimum absolute atomic E-state index is 0.0754. The number of benzene rings is 1. The average molecular weight is 243 g/mol. The van der Waals surface area contributed by atoms with Crippen LogP contribution in [0.25, 0.3) is 0 Å². The maximum atomic E-state index is 12.0. The van der Waals surface area contributed by atoms with Crippen LogP contribution in [0.3, 0.4) is 0 Å². The zero-order valence-corrected chi connectivity index (χ0v) is 9.72. The van der Waals surface area contributed by atoms with Crippen LogP contribution in [-0.2, 0) is 9.59 Å². The molecule has 1 aromatic carbocycles. The number of rotatable bonds is 3. The molecular formula is C13H13N3O2. The summed E-state index contributed by atoms with van der Waals surface area (Å²) in [6.45, 7) is 0.428. The van der Waals surface area contributed by atoms with Crippen LogP contribution in [0.2, 0.25) is 0 Å². The first-order valence-electron chi connectivity index (χ1n) is 5.72. The van der Waals surface area contributed by atoms with Crippen molar-refractivity contribution in [3.05, 3.63) is 35.9 Å². The molecule has 0 aliphatic carbocycles. The number of nitriles is 1. The standard InChI is InChI=1S/C13H13N3O2/c14-7-11(9-4-2-1-3-5-9)13(18)16-10-6-12(17)15-8-10/h1-5,10-11H,6,8H2,(H,15,17)(H,16,18). The van der Waals surface area contributed by atoms with E-state index in [1.165, 1.54) is 0 Å². The molecule has 1 aliphatic heterocycles. The van der Waals surface area contributed by atoms with Gasteiger partial charge < -0.3 is 10.6 Å². The second-order valence-electron chi connectivity index (χ2n) is 4.19. The van der Waals surface area contributed by atoms with Crippen LogP contribution in [0.4, 0.5) is 0 Å². The first-order valence-corrected chi connectivity index (χ1v) is 5.72. The lowest BCUT2D eigenvalue weighted by Gasteiger charge is -2.14. The third-order valence-corrected chi connectivity index (χ3v) is 2.85. The summed E-state index contributed by atoms with van der Waals surface area (Å²) in [6, 6.07) is 10.7. The van der Waals surface area contributed by atoms with Crippen LogP contribution < -0.4 is 10.6 Å². The molecule has 1 fully saturated rings. The topological polar surface area (TPSA) is 82.0 Å². The largest absolute Gasteiger partial charge is 0.354 e. The van der Waals surface area contributed by atoms with Crippen molar-refractivity contribution >= 4 is 11.8 Å². The van der Waals surface area contributed by atoms with Crippen molar-refractivity contribution in [3.8, 4) is 6.07 Å². The Labute approximate surface area is 105 Å². The van der Waals surface area contributed by atoms with Crippen molar-refractivity contribution < 1.29 is 9.59 Å². The highest BCUT2D eigenvalue weighted by molar-refractivity contribution is 5.88. The predicted octanol–water partition coefficient (Wildman–Crippen LogP) is 0.298. The molecule has 0 spiro atoms. The Morgan fingerprint density at radius 2 is 2.17 bits per heavy atom. The molecule has 1 aliphatic rings. The molecule has 0 bridgehead atoms. The molecule has 1 aromatic rings. The Morgan fingerprint density at radius 3 is 2.72 bits per heavy atom. The molecular weight excluding hydrogens is 230 g/mol. The van der Waals surface area contributed by atoms with Gasteiger partial charge in [0.2, 0.25) is 11.8 Å². The second-order valence-corrected chi connectivity index (χ2v) is 4.19. The van der Waals surface area contributed by atoms with Crippen molar-refractivity contribution in [2.24, 2.45) is 0 Å². The van der Waals surface area contributed by atoms with Crippen molar-refractivity contribution in [2.45, 2.75) is 18.4 Å². The number of carbonyl (C=O) groups is 2. The summed E-state index contributed by atoms with van der Waals surface area (Å²) in [7, 11) is 0. The van der Waals surface area contributed by atoms with E-state index >= 15 is 0 Å². The Hall–Kier alpha value is -2.35. The maximum Gasteiger partial charge on any atom is 0.242 e. The van der Waals surface area contributed by atoms with Gasteiger partial charge in [-0.05, 0) is 5.56 Å². The van der Waals surface area contributed by atoms with Gasteiger partial charge in [0, 0.05) is 13.0 Å². The lowest BCUT2D eigenvalue weighted by atomic mass is 9.99. The Kier molecular flexibility index (Phi) is 3.58. The minimum atomic E-state index is -0.832. The Bertz CT molecular complexity index is 493. The van der Waals surface area contributed by atoms with Crippen molar-refractivity contribution in [1.29, 1.82) is 5.26 Å². The summed E-state index contributed by atoms with van der Waals surface area (Å²) < 4.78 is 0. The molecule has 2 unspecified atom stereocenters. The number of carbonyl (C=O) groups excluding carboxylic acids is 2. The highest BCUT2D eigenvalue weighted by Gasteiger charge is 2.27. The molecule has 1 saturated heterocycles. The fourth-order valence-corrected chi connectivity index (χ4v) is 1.92. The highest BCUT2D eigenvalue weighted by Crippen LogP contribution is 2.15. The molecule has 0 aromatic heterocycles. The minimum Gasteiger partial charge on any atom is -0.354 e. The molecule has 2 amide bonds. The Balaban J connectivity index is 2.03. The first-order chi connectivity index (χ1) is 8.70. The fraction of sp³-hybridized carbons (Fsp3) is 0.308. The van der Waals surface area contributed by atoms with Crippen LogP contribution in [0, 0.1) is 11.3 Å². The summed E-state index contributed by atoms with van der Waals surface area (Å²) in [6.07, 6.45) is 0.276. The summed E-state index contributed by atoms with van der Waals surface area (Å²) in [5.74, 6) is -1.26. The number of nitrogens with zero attached hydrogens (tertiary/aromatic N) is 1. The third kappa shape index (κ3) is 2.66. The smallest absolute Gasteiger partial charge is 0.242 e. The molecule has 92 valence electrons. The van der Waals surface area contributed by atoms with E-state index in [2.05, 4.69) is 10.6 Å². The van der Waals surface area contributed by atoms with Crippen LogP contribution in [0.1, 0.15) is 17.9 Å². The van der Waals surface area contributed by atoms with Crippen LogP contribution >= 0.6 is 0 Å². The van der Waals surface area contributed by atoms with E-state index in [1.54, 1.807) is 24.3 Å². The number of hydrogen-bond acceptors (Lipinski definition) is 3. The molecule has 2 N–H and O–H groups in total. The fourth-order valence-electron chi connectivity index (χ4n) is 1.92. The predicted molar refractivity (Wildman–Crippen MR) is 64.4 cm³/mol. The maximum absolute atomic E-state index is 12.0. The first kappa shape index (κ1) is 12.1. The van der Waals surface area contributed by atoms with E-state index in [-0.39, 0.29) is 24.3 Å². The van der Waals surface area contributed by atoms with Gasteiger partial charge in [-0.25, -0.2) is 0 Å². The van der Waals surface area contributed by atoms with E-state index in [1.807, 2.05) is 12.1 Å². The zero-order valence-electron chi connectivity index (χ0n) is 9.72. The van der Waals surface area contributed by atoms with Gasteiger partial charge in [0.05, 0.1) is 12.1 Å². The van der Waals surface area contributed by atoms with E-state index in [9.17, 15) is 9.59 Å². The number of nitrogens with one attached hydrogen (secondary N) is 2. The van der Waals surface area contributed by atoms with Crippen molar-refractivity contribution in [2.75, 3.05) is 6.54 Å². The molecule has 18 heavy (non-hydrogen) atoms. The lowest BCUT2D eigenvalue weighted by Crippen LogP contribution is -2.38. The normalized spacial score (nSPS) is 19.7. The SMILES string of the molecule is N#CC(C(=O)NC1CNC(=O)C1)c1ccccc1. The summed E-state index contributed by atoms with van der Waals surface area (Å²) >= 11 is 0. The highest BCUT2D eigenvalue weighted by atomic mass is 16.2. The zero-order chi connectivity index (χ0) is 13.0. The summed E-state index contributed by atoms with van der Waals surface area (Å²) in [5.41, 5.74) is 0.662. The van der Waals surface area contributed by atoms with Gasteiger partial charge in [0.1, 0.15) is 5.92 Å².